The summed E-state index contributed by atoms with van der Waals surface area (Å²) in [4.78, 5) is 0. The Morgan fingerprint density at radius 3 is 2.62 bits per heavy atom. The first-order chi connectivity index (χ1) is 7.86. The summed E-state index contributed by atoms with van der Waals surface area (Å²) in [7, 11) is 0. The van der Waals surface area contributed by atoms with Gasteiger partial charge in [0.25, 0.3) is 0 Å². The quantitative estimate of drug-likeness (QED) is 0.444. The van der Waals surface area contributed by atoms with E-state index in [1.54, 1.807) is 0 Å². The minimum atomic E-state index is 0.376. The van der Waals surface area contributed by atoms with E-state index in [2.05, 4.69) is 22.6 Å². The second-order valence-electron chi connectivity index (χ2n) is 5.01. The van der Waals surface area contributed by atoms with Crippen LogP contribution in [-0.2, 0) is 9.47 Å². The van der Waals surface area contributed by atoms with E-state index in [1.807, 2.05) is 0 Å². The summed E-state index contributed by atoms with van der Waals surface area (Å²) in [6.07, 6.45) is 11.3. The smallest absolute Gasteiger partial charge is 0.0808 e. The molecule has 0 bridgehead atoms. The first-order valence-electron chi connectivity index (χ1n) is 6.73. The van der Waals surface area contributed by atoms with Gasteiger partial charge >= 0.3 is 0 Å². The summed E-state index contributed by atoms with van der Waals surface area (Å²) in [5.41, 5.74) is 0. The Morgan fingerprint density at radius 2 is 1.81 bits per heavy atom. The van der Waals surface area contributed by atoms with E-state index < -0.39 is 0 Å². The summed E-state index contributed by atoms with van der Waals surface area (Å²) < 4.78 is 12.5. The van der Waals surface area contributed by atoms with Crippen molar-refractivity contribution in [2.24, 2.45) is 0 Å². The van der Waals surface area contributed by atoms with Gasteiger partial charge in [-0.05, 0) is 32.1 Å². The lowest BCUT2D eigenvalue weighted by Gasteiger charge is -2.26. The van der Waals surface area contributed by atoms with Gasteiger partial charge in [-0.2, -0.15) is 0 Å². The predicted molar refractivity (Wildman–Crippen MR) is 74.2 cm³/mol. The average molecular weight is 338 g/mol. The molecule has 16 heavy (non-hydrogen) atoms. The van der Waals surface area contributed by atoms with Crippen LogP contribution in [0, 0.1) is 0 Å². The van der Waals surface area contributed by atoms with Gasteiger partial charge in [0.2, 0.25) is 0 Å². The Labute approximate surface area is 113 Å². The van der Waals surface area contributed by atoms with E-state index in [9.17, 15) is 0 Å². The Morgan fingerprint density at radius 1 is 1.00 bits per heavy atom. The maximum atomic E-state index is 6.08. The fraction of sp³-hybridized carbons (Fsp3) is 1.00. The summed E-state index contributed by atoms with van der Waals surface area (Å²) in [5, 5.41) is 0. The largest absolute Gasteiger partial charge is 0.376 e. The summed E-state index contributed by atoms with van der Waals surface area (Å²) >= 11 is 2.57. The molecule has 1 heterocycles. The van der Waals surface area contributed by atoms with Crippen LogP contribution in [0.2, 0.25) is 0 Å². The summed E-state index contributed by atoms with van der Waals surface area (Å²) in [6, 6.07) is 0. The van der Waals surface area contributed by atoms with E-state index in [4.69, 9.17) is 9.47 Å². The molecule has 1 saturated heterocycles. The molecule has 2 fully saturated rings. The number of halogens is 1. The number of hydrogen-bond donors (Lipinski definition) is 0. The lowest BCUT2D eigenvalue weighted by molar-refractivity contribution is -0.0633. The van der Waals surface area contributed by atoms with Gasteiger partial charge in [-0.15, -0.1) is 0 Å². The molecule has 0 aromatic heterocycles. The van der Waals surface area contributed by atoms with Crippen molar-refractivity contribution in [1.29, 1.82) is 0 Å². The minimum Gasteiger partial charge on any atom is -0.376 e. The van der Waals surface area contributed by atoms with Gasteiger partial charge in [-0.1, -0.05) is 41.9 Å². The molecule has 0 N–H and O–H groups in total. The average Bonchev–Trinajstić information content (AvgIpc) is 2.53. The minimum absolute atomic E-state index is 0.376. The van der Waals surface area contributed by atoms with Crippen molar-refractivity contribution in [2.45, 2.75) is 67.5 Å². The molecule has 1 aliphatic carbocycles. The van der Waals surface area contributed by atoms with E-state index in [0.717, 1.165) is 13.2 Å². The van der Waals surface area contributed by atoms with Crippen LogP contribution in [0.5, 0.6) is 0 Å². The Kier molecular flexibility index (Phi) is 5.86. The zero-order chi connectivity index (χ0) is 11.2. The number of ether oxygens (including phenoxy) is 2. The van der Waals surface area contributed by atoms with Crippen LogP contribution in [0.3, 0.4) is 0 Å². The fourth-order valence-electron chi connectivity index (χ4n) is 2.59. The molecule has 2 aliphatic rings. The Bertz CT molecular complexity index is 192. The van der Waals surface area contributed by atoms with Crippen LogP contribution in [0.1, 0.15) is 51.4 Å². The maximum absolute atomic E-state index is 6.08. The van der Waals surface area contributed by atoms with Crippen molar-refractivity contribution in [1.82, 2.24) is 0 Å². The van der Waals surface area contributed by atoms with Gasteiger partial charge in [0, 0.05) is 10.5 Å². The highest BCUT2D eigenvalue weighted by Crippen LogP contribution is 2.27. The lowest BCUT2D eigenvalue weighted by atomic mass is 10.1. The van der Waals surface area contributed by atoms with Crippen molar-refractivity contribution in [2.75, 3.05) is 13.2 Å². The van der Waals surface area contributed by atoms with Crippen LogP contribution >= 0.6 is 22.6 Å². The highest BCUT2D eigenvalue weighted by Gasteiger charge is 2.23. The molecule has 3 unspecified atom stereocenters. The summed E-state index contributed by atoms with van der Waals surface area (Å²) in [5.74, 6) is 0. The van der Waals surface area contributed by atoms with Gasteiger partial charge < -0.3 is 9.47 Å². The monoisotopic (exact) mass is 338 g/mol. The zero-order valence-electron chi connectivity index (χ0n) is 10.00. The lowest BCUT2D eigenvalue weighted by Crippen LogP contribution is -2.30. The molecular formula is C13H23IO2. The fourth-order valence-corrected chi connectivity index (χ4v) is 3.59. The number of alkyl halides is 1. The van der Waals surface area contributed by atoms with Crippen molar-refractivity contribution in [3.8, 4) is 0 Å². The highest BCUT2D eigenvalue weighted by molar-refractivity contribution is 14.1. The predicted octanol–water partition coefficient (Wildman–Crippen LogP) is 3.71. The van der Waals surface area contributed by atoms with Crippen LogP contribution in [0.15, 0.2) is 0 Å². The van der Waals surface area contributed by atoms with Gasteiger partial charge in [-0.25, -0.2) is 0 Å². The van der Waals surface area contributed by atoms with Crippen LogP contribution in [-0.4, -0.2) is 29.3 Å². The third-order valence-electron chi connectivity index (χ3n) is 3.64. The van der Waals surface area contributed by atoms with Gasteiger partial charge in [0.1, 0.15) is 0 Å². The molecule has 94 valence electrons. The van der Waals surface area contributed by atoms with E-state index in [1.165, 1.54) is 51.4 Å². The molecule has 0 aromatic carbocycles. The molecule has 0 amide bonds. The molecule has 0 spiro atoms. The second kappa shape index (κ2) is 7.17. The van der Waals surface area contributed by atoms with Crippen LogP contribution in [0.4, 0.5) is 0 Å². The second-order valence-corrected chi connectivity index (χ2v) is 6.61. The molecule has 3 heteroatoms. The maximum Gasteiger partial charge on any atom is 0.0808 e. The van der Waals surface area contributed by atoms with Crippen molar-refractivity contribution in [3.05, 3.63) is 0 Å². The molecule has 0 radical (unpaired) electrons. The first kappa shape index (κ1) is 13.1. The SMILES string of the molecule is IC1CCCCCC1OCC1CCCCO1. The molecule has 3 atom stereocenters. The number of rotatable bonds is 3. The van der Waals surface area contributed by atoms with Crippen LogP contribution < -0.4 is 0 Å². The highest BCUT2D eigenvalue weighted by atomic mass is 127. The standard InChI is InChI=1S/C13H23IO2/c14-12-7-2-1-3-8-13(12)16-10-11-6-4-5-9-15-11/h11-13H,1-10H2. The van der Waals surface area contributed by atoms with Crippen molar-refractivity contribution < 1.29 is 9.47 Å². The topological polar surface area (TPSA) is 18.5 Å². The normalized spacial score (nSPS) is 36.9. The zero-order valence-corrected chi connectivity index (χ0v) is 12.2. The summed E-state index contributed by atoms with van der Waals surface area (Å²) in [6.45, 7) is 1.76. The molecular weight excluding hydrogens is 315 g/mol. The molecule has 2 nitrogen and oxygen atoms in total. The van der Waals surface area contributed by atoms with E-state index in [0.29, 0.717) is 16.1 Å². The molecule has 1 saturated carbocycles. The molecule has 2 rings (SSSR count). The Balaban J connectivity index is 1.70. The van der Waals surface area contributed by atoms with Gasteiger partial charge in [-0.3, -0.25) is 0 Å². The third-order valence-corrected chi connectivity index (χ3v) is 5.07. The molecule has 1 aliphatic heterocycles. The third kappa shape index (κ3) is 4.15. The van der Waals surface area contributed by atoms with E-state index in [-0.39, 0.29) is 0 Å². The van der Waals surface area contributed by atoms with Gasteiger partial charge in [0.15, 0.2) is 0 Å². The van der Waals surface area contributed by atoms with Crippen LogP contribution in [0.25, 0.3) is 0 Å². The van der Waals surface area contributed by atoms with E-state index >= 15 is 0 Å². The first-order valence-corrected chi connectivity index (χ1v) is 7.98. The van der Waals surface area contributed by atoms with Crippen molar-refractivity contribution in [3.63, 3.8) is 0 Å². The Hall–Kier alpha value is 0.650. The number of hydrogen-bond acceptors (Lipinski definition) is 2. The van der Waals surface area contributed by atoms with Gasteiger partial charge in [0.05, 0.1) is 18.8 Å². The molecule has 0 aromatic rings. The van der Waals surface area contributed by atoms with Crippen molar-refractivity contribution >= 4 is 22.6 Å².